The first kappa shape index (κ1) is 18.5. The molecule has 11 heteroatoms. The van der Waals surface area contributed by atoms with Gasteiger partial charge in [-0.1, -0.05) is 0 Å². The largest absolute Gasteiger partial charge is 0.459 e. The minimum atomic E-state index is -0.396. The average Bonchev–Trinajstić information content (AvgIpc) is 3.28. The van der Waals surface area contributed by atoms with E-state index in [1.807, 2.05) is 21.6 Å². The van der Waals surface area contributed by atoms with E-state index in [1.54, 1.807) is 17.0 Å². The quantitative estimate of drug-likeness (QED) is 0.553. The lowest BCUT2D eigenvalue weighted by molar-refractivity contribution is -0.383. The van der Waals surface area contributed by atoms with Gasteiger partial charge in [-0.05, 0) is 12.1 Å². The molecule has 4 heterocycles. The van der Waals surface area contributed by atoms with Crippen LogP contribution in [-0.4, -0.2) is 76.5 Å². The molecule has 2 fully saturated rings. The van der Waals surface area contributed by atoms with Crippen molar-refractivity contribution in [3.63, 3.8) is 0 Å². The molecule has 0 aliphatic carbocycles. The van der Waals surface area contributed by atoms with Gasteiger partial charge >= 0.3 is 5.69 Å². The van der Waals surface area contributed by atoms with E-state index in [2.05, 4.69) is 9.97 Å². The van der Waals surface area contributed by atoms with Crippen molar-refractivity contribution in [2.75, 3.05) is 60.6 Å². The van der Waals surface area contributed by atoms with Gasteiger partial charge in [0.05, 0.1) is 11.2 Å². The van der Waals surface area contributed by atoms with Gasteiger partial charge in [-0.3, -0.25) is 14.9 Å². The van der Waals surface area contributed by atoms with Crippen molar-refractivity contribution in [2.45, 2.75) is 0 Å². The highest BCUT2D eigenvalue weighted by Gasteiger charge is 2.33. The van der Waals surface area contributed by atoms with Crippen LogP contribution in [-0.2, 0) is 0 Å². The summed E-state index contributed by atoms with van der Waals surface area (Å²) in [6.45, 7) is 3.26. The normalized spacial score (nSPS) is 17.6. The molecule has 2 aliphatic rings. The van der Waals surface area contributed by atoms with Gasteiger partial charge < -0.3 is 19.1 Å². The summed E-state index contributed by atoms with van der Waals surface area (Å²) in [7, 11) is 0. The van der Waals surface area contributed by atoms with Crippen LogP contribution in [0.4, 0.5) is 17.3 Å². The fraction of sp³-hybridized carbons (Fsp3) is 0.471. The van der Waals surface area contributed by atoms with E-state index in [1.165, 1.54) is 12.6 Å². The highest BCUT2D eigenvalue weighted by atomic mass is 32.2. The Bertz CT molecular complexity index is 847. The second-order valence-electron chi connectivity index (χ2n) is 6.48. The molecule has 0 saturated carbocycles. The topological polar surface area (TPSA) is 109 Å². The van der Waals surface area contributed by atoms with Crippen molar-refractivity contribution in [2.24, 2.45) is 0 Å². The first-order valence-corrected chi connectivity index (χ1v) is 10.2. The number of rotatable bonds is 4. The molecule has 4 rings (SSSR count). The molecule has 1 amide bonds. The second-order valence-corrected chi connectivity index (χ2v) is 7.71. The number of furan rings is 1. The Balaban J connectivity index is 1.53. The molecule has 2 aromatic rings. The number of nitro groups is 1. The number of piperazine rings is 1. The number of amides is 1. The fourth-order valence-corrected chi connectivity index (χ4v) is 4.34. The van der Waals surface area contributed by atoms with E-state index >= 15 is 0 Å². The standard InChI is InChI=1S/C17H20N6O4S/c24-17(13-2-1-9-27-13)22-5-3-20(4-6-22)15-14(23(25)26)16(19-12-18-15)21-7-10-28-11-8-21/h1-2,9,12H,3-8,10-11H2. The molecular weight excluding hydrogens is 384 g/mol. The fourth-order valence-electron chi connectivity index (χ4n) is 3.44. The molecule has 10 nitrogen and oxygen atoms in total. The summed E-state index contributed by atoms with van der Waals surface area (Å²) < 4.78 is 5.17. The van der Waals surface area contributed by atoms with Crippen LogP contribution in [0.3, 0.4) is 0 Å². The lowest BCUT2D eigenvalue weighted by atomic mass is 10.2. The first-order valence-electron chi connectivity index (χ1n) is 9.05. The lowest BCUT2D eigenvalue weighted by Crippen LogP contribution is -2.49. The first-order chi connectivity index (χ1) is 13.6. The predicted molar refractivity (Wildman–Crippen MR) is 105 cm³/mol. The number of carbonyl (C=O) groups is 1. The molecule has 2 aliphatic heterocycles. The summed E-state index contributed by atoms with van der Waals surface area (Å²) in [4.78, 5) is 37.8. The highest BCUT2D eigenvalue weighted by Crippen LogP contribution is 2.35. The average molecular weight is 404 g/mol. The summed E-state index contributed by atoms with van der Waals surface area (Å²) >= 11 is 1.83. The Kier molecular flexibility index (Phi) is 5.33. The van der Waals surface area contributed by atoms with E-state index < -0.39 is 4.92 Å². The maximum atomic E-state index is 12.4. The van der Waals surface area contributed by atoms with Crippen molar-refractivity contribution in [3.8, 4) is 0 Å². The number of aromatic nitrogens is 2. The monoisotopic (exact) mass is 404 g/mol. The molecule has 0 unspecified atom stereocenters. The summed E-state index contributed by atoms with van der Waals surface area (Å²) in [5, 5.41) is 11.8. The number of hydrogen-bond acceptors (Lipinski definition) is 9. The van der Waals surface area contributed by atoms with Crippen LogP contribution in [0.5, 0.6) is 0 Å². The molecule has 2 aromatic heterocycles. The molecule has 0 spiro atoms. The lowest BCUT2D eigenvalue weighted by Gasteiger charge is -2.35. The van der Waals surface area contributed by atoms with Gasteiger partial charge in [0.1, 0.15) is 6.33 Å². The summed E-state index contributed by atoms with van der Waals surface area (Å²) in [6, 6.07) is 3.31. The number of hydrogen-bond donors (Lipinski definition) is 0. The zero-order valence-electron chi connectivity index (χ0n) is 15.2. The third-order valence-electron chi connectivity index (χ3n) is 4.88. The molecule has 28 heavy (non-hydrogen) atoms. The molecular formula is C17H20N6O4S. The van der Waals surface area contributed by atoms with Gasteiger partial charge in [-0.2, -0.15) is 11.8 Å². The summed E-state index contributed by atoms with van der Waals surface area (Å²) in [6.07, 6.45) is 2.86. The van der Waals surface area contributed by atoms with Crippen LogP contribution in [0, 0.1) is 10.1 Å². The maximum absolute atomic E-state index is 12.4. The predicted octanol–water partition coefficient (Wildman–Crippen LogP) is 1.49. The second kappa shape index (κ2) is 8.05. The number of carbonyl (C=O) groups excluding carboxylic acids is 1. The molecule has 2 saturated heterocycles. The maximum Gasteiger partial charge on any atom is 0.353 e. The van der Waals surface area contributed by atoms with E-state index in [0.29, 0.717) is 43.6 Å². The third-order valence-corrected chi connectivity index (χ3v) is 5.82. The minimum absolute atomic E-state index is 0.0554. The van der Waals surface area contributed by atoms with Gasteiger partial charge in [0.2, 0.25) is 11.6 Å². The minimum Gasteiger partial charge on any atom is -0.459 e. The van der Waals surface area contributed by atoms with Gasteiger partial charge in [0, 0.05) is 50.8 Å². The molecule has 0 radical (unpaired) electrons. The van der Waals surface area contributed by atoms with Crippen molar-refractivity contribution in [3.05, 3.63) is 40.6 Å². The molecule has 0 aromatic carbocycles. The van der Waals surface area contributed by atoms with Crippen molar-refractivity contribution in [1.29, 1.82) is 0 Å². The van der Waals surface area contributed by atoms with Crippen LogP contribution >= 0.6 is 11.8 Å². The van der Waals surface area contributed by atoms with E-state index in [-0.39, 0.29) is 11.6 Å². The Labute approximate surface area is 165 Å². The Morgan fingerprint density at radius 3 is 2.29 bits per heavy atom. The van der Waals surface area contributed by atoms with Gasteiger partial charge in [0.25, 0.3) is 5.91 Å². The summed E-state index contributed by atoms with van der Waals surface area (Å²) in [5.41, 5.74) is -0.0554. The van der Waals surface area contributed by atoms with Gasteiger partial charge in [-0.15, -0.1) is 0 Å². The molecule has 0 atom stereocenters. The Morgan fingerprint density at radius 1 is 1.07 bits per heavy atom. The smallest absolute Gasteiger partial charge is 0.353 e. The molecule has 0 N–H and O–H groups in total. The van der Waals surface area contributed by atoms with E-state index in [9.17, 15) is 14.9 Å². The van der Waals surface area contributed by atoms with Crippen LogP contribution in [0.2, 0.25) is 0 Å². The van der Waals surface area contributed by atoms with Crippen LogP contribution < -0.4 is 9.80 Å². The SMILES string of the molecule is O=C(c1ccco1)N1CCN(c2ncnc(N3CCSCC3)c2[N+](=O)[O-])CC1. The van der Waals surface area contributed by atoms with Crippen LogP contribution in [0.25, 0.3) is 0 Å². The van der Waals surface area contributed by atoms with Crippen molar-refractivity contribution in [1.82, 2.24) is 14.9 Å². The Hall–Kier alpha value is -2.82. The molecule has 0 bridgehead atoms. The Morgan fingerprint density at radius 2 is 1.71 bits per heavy atom. The van der Waals surface area contributed by atoms with Gasteiger partial charge in [0.15, 0.2) is 5.76 Å². The van der Waals surface area contributed by atoms with E-state index in [0.717, 1.165) is 24.6 Å². The number of nitrogens with zero attached hydrogens (tertiary/aromatic N) is 6. The van der Waals surface area contributed by atoms with Gasteiger partial charge in [-0.25, -0.2) is 9.97 Å². The third kappa shape index (κ3) is 3.61. The van der Waals surface area contributed by atoms with E-state index in [4.69, 9.17) is 4.42 Å². The van der Waals surface area contributed by atoms with Crippen molar-refractivity contribution < 1.29 is 14.1 Å². The van der Waals surface area contributed by atoms with Crippen molar-refractivity contribution >= 4 is 35.0 Å². The highest BCUT2D eigenvalue weighted by molar-refractivity contribution is 7.99. The number of anilines is 2. The summed E-state index contributed by atoms with van der Waals surface area (Å²) in [5.74, 6) is 2.66. The van der Waals surface area contributed by atoms with Crippen LogP contribution in [0.15, 0.2) is 29.1 Å². The van der Waals surface area contributed by atoms with Crippen LogP contribution in [0.1, 0.15) is 10.6 Å². The zero-order chi connectivity index (χ0) is 19.5. The number of thioether (sulfide) groups is 1. The zero-order valence-corrected chi connectivity index (χ0v) is 16.0. The molecule has 148 valence electrons.